The first-order chi connectivity index (χ1) is 14.0. The van der Waals surface area contributed by atoms with Gasteiger partial charge in [-0.25, -0.2) is 4.98 Å². The Morgan fingerprint density at radius 3 is 2.69 bits per heavy atom. The first-order valence-electron chi connectivity index (χ1n) is 9.20. The third-order valence-corrected chi connectivity index (χ3v) is 4.82. The maximum Gasteiger partial charge on any atom is 0.288 e. The number of furan rings is 1. The van der Waals surface area contributed by atoms with Crippen molar-refractivity contribution in [2.75, 3.05) is 5.32 Å². The van der Waals surface area contributed by atoms with Gasteiger partial charge in [0, 0.05) is 11.9 Å². The minimum atomic E-state index is -0.395. The lowest BCUT2D eigenvalue weighted by atomic mass is 10.1. The molecule has 0 atom stereocenters. The van der Waals surface area contributed by atoms with Crippen molar-refractivity contribution in [2.24, 2.45) is 0 Å². The van der Waals surface area contributed by atoms with Crippen molar-refractivity contribution in [1.82, 2.24) is 14.7 Å². The molecule has 0 aliphatic rings. The molecule has 0 unspecified atom stereocenters. The lowest BCUT2D eigenvalue weighted by Crippen LogP contribution is -2.25. The van der Waals surface area contributed by atoms with Crippen molar-refractivity contribution in [3.05, 3.63) is 89.4 Å². The molecule has 146 valence electrons. The second kappa shape index (κ2) is 7.63. The fourth-order valence-corrected chi connectivity index (χ4v) is 3.09. The van der Waals surface area contributed by atoms with Crippen LogP contribution in [-0.2, 0) is 6.54 Å². The Bertz CT molecular complexity index is 1190. The Morgan fingerprint density at radius 2 is 1.90 bits per heavy atom. The minimum Gasteiger partial charge on any atom is -0.467 e. The average molecular weight is 388 g/mol. The molecule has 0 fully saturated rings. The van der Waals surface area contributed by atoms with Crippen LogP contribution in [0.2, 0.25) is 0 Å². The molecule has 0 aliphatic heterocycles. The summed E-state index contributed by atoms with van der Waals surface area (Å²) in [7, 11) is 0. The number of benzene rings is 1. The molecule has 0 radical (unpaired) electrons. The SMILES string of the molecule is Cc1cccc(NC(=O)c2nc(C(=O)NCc3ccco3)n3ccccc23)c1C. The van der Waals surface area contributed by atoms with Crippen LogP contribution in [0.3, 0.4) is 0 Å². The topological polar surface area (TPSA) is 88.6 Å². The highest BCUT2D eigenvalue weighted by Crippen LogP contribution is 2.20. The number of fused-ring (bicyclic) bond motifs is 1. The number of hydrogen-bond donors (Lipinski definition) is 2. The summed E-state index contributed by atoms with van der Waals surface area (Å²) in [5, 5.41) is 5.67. The summed E-state index contributed by atoms with van der Waals surface area (Å²) < 4.78 is 6.84. The normalized spacial score (nSPS) is 10.8. The van der Waals surface area contributed by atoms with Crippen LogP contribution in [-0.4, -0.2) is 21.2 Å². The predicted octanol–water partition coefficient (Wildman–Crippen LogP) is 3.73. The van der Waals surface area contributed by atoms with Crippen LogP contribution in [0, 0.1) is 13.8 Å². The molecule has 0 spiro atoms. The number of aromatic nitrogens is 2. The first-order valence-corrected chi connectivity index (χ1v) is 9.20. The van der Waals surface area contributed by atoms with Crippen LogP contribution in [0.25, 0.3) is 5.52 Å². The summed E-state index contributed by atoms with van der Waals surface area (Å²) in [6.07, 6.45) is 3.25. The highest BCUT2D eigenvalue weighted by atomic mass is 16.3. The Hall–Kier alpha value is -3.87. The number of pyridine rings is 1. The first kappa shape index (κ1) is 18.5. The zero-order chi connectivity index (χ0) is 20.4. The van der Waals surface area contributed by atoms with Gasteiger partial charge in [-0.1, -0.05) is 18.2 Å². The summed E-state index contributed by atoms with van der Waals surface area (Å²) in [5.41, 5.74) is 3.53. The molecule has 0 aliphatic carbocycles. The molecule has 4 aromatic rings. The smallest absolute Gasteiger partial charge is 0.288 e. The zero-order valence-electron chi connectivity index (χ0n) is 16.1. The number of carbonyl (C=O) groups is 2. The number of rotatable bonds is 5. The molecule has 2 N–H and O–H groups in total. The van der Waals surface area contributed by atoms with Crippen LogP contribution < -0.4 is 10.6 Å². The third kappa shape index (κ3) is 3.62. The van der Waals surface area contributed by atoms with E-state index in [1.807, 2.05) is 32.0 Å². The second-order valence-corrected chi connectivity index (χ2v) is 6.70. The van der Waals surface area contributed by atoms with Crippen molar-refractivity contribution < 1.29 is 14.0 Å². The van der Waals surface area contributed by atoms with Crippen molar-refractivity contribution in [3.8, 4) is 0 Å². The number of aryl methyl sites for hydroxylation is 1. The van der Waals surface area contributed by atoms with Gasteiger partial charge < -0.3 is 15.1 Å². The summed E-state index contributed by atoms with van der Waals surface area (Å²) in [5.74, 6) is 0.00578. The number of amides is 2. The third-order valence-electron chi connectivity index (χ3n) is 4.82. The molecular weight excluding hydrogens is 368 g/mol. The van der Waals surface area contributed by atoms with Crippen LogP contribution >= 0.6 is 0 Å². The van der Waals surface area contributed by atoms with E-state index in [0.717, 1.165) is 16.8 Å². The van der Waals surface area contributed by atoms with Crippen LogP contribution in [0.1, 0.15) is 38.0 Å². The van der Waals surface area contributed by atoms with Crippen LogP contribution in [0.4, 0.5) is 5.69 Å². The quantitative estimate of drug-likeness (QED) is 0.545. The Balaban J connectivity index is 1.64. The number of imidazole rings is 1. The van der Waals surface area contributed by atoms with E-state index in [2.05, 4.69) is 15.6 Å². The highest BCUT2D eigenvalue weighted by molar-refractivity contribution is 6.09. The van der Waals surface area contributed by atoms with Crippen molar-refractivity contribution in [2.45, 2.75) is 20.4 Å². The largest absolute Gasteiger partial charge is 0.467 e. The van der Waals surface area contributed by atoms with E-state index in [1.165, 1.54) is 0 Å². The molecule has 2 amide bonds. The second-order valence-electron chi connectivity index (χ2n) is 6.70. The summed E-state index contributed by atoms with van der Waals surface area (Å²) in [6.45, 7) is 4.17. The Labute approximate surface area is 167 Å². The molecule has 0 saturated heterocycles. The fraction of sp³-hybridized carbons (Fsp3) is 0.136. The van der Waals surface area contributed by atoms with Gasteiger partial charge in [0.15, 0.2) is 5.69 Å². The van der Waals surface area contributed by atoms with Gasteiger partial charge in [0.1, 0.15) is 5.76 Å². The van der Waals surface area contributed by atoms with E-state index in [9.17, 15) is 9.59 Å². The van der Waals surface area contributed by atoms with E-state index in [0.29, 0.717) is 11.3 Å². The Kier molecular flexibility index (Phi) is 4.87. The van der Waals surface area contributed by atoms with Gasteiger partial charge in [-0.15, -0.1) is 0 Å². The maximum absolute atomic E-state index is 12.9. The standard InChI is InChI=1S/C22H20N4O3/c1-14-7-5-9-17(15(14)2)24-21(27)19-18-10-3-4-11-26(18)20(25-19)22(28)23-13-16-8-6-12-29-16/h3-12H,13H2,1-2H3,(H,23,28)(H,24,27). The molecular formula is C22H20N4O3. The van der Waals surface area contributed by atoms with Gasteiger partial charge in [-0.2, -0.15) is 0 Å². The molecule has 3 heterocycles. The molecule has 0 saturated carbocycles. The van der Waals surface area contributed by atoms with E-state index >= 15 is 0 Å². The summed E-state index contributed by atoms with van der Waals surface area (Å²) in [4.78, 5) is 30.0. The highest BCUT2D eigenvalue weighted by Gasteiger charge is 2.22. The lowest BCUT2D eigenvalue weighted by molar-refractivity contribution is 0.0937. The number of nitrogens with zero attached hydrogens (tertiary/aromatic N) is 2. The van der Waals surface area contributed by atoms with E-state index in [4.69, 9.17) is 4.42 Å². The lowest BCUT2D eigenvalue weighted by Gasteiger charge is -2.09. The average Bonchev–Trinajstić information content (AvgIpc) is 3.37. The van der Waals surface area contributed by atoms with Gasteiger partial charge in [-0.05, 0) is 55.3 Å². The number of nitrogens with one attached hydrogen (secondary N) is 2. The van der Waals surface area contributed by atoms with Gasteiger partial charge >= 0.3 is 0 Å². The van der Waals surface area contributed by atoms with E-state index < -0.39 is 5.91 Å². The van der Waals surface area contributed by atoms with Crippen LogP contribution in [0.15, 0.2) is 65.4 Å². The van der Waals surface area contributed by atoms with Gasteiger partial charge in [0.2, 0.25) is 5.82 Å². The van der Waals surface area contributed by atoms with Gasteiger partial charge in [0.25, 0.3) is 11.8 Å². The van der Waals surface area contributed by atoms with E-state index in [-0.39, 0.29) is 24.0 Å². The molecule has 3 aromatic heterocycles. The fourth-order valence-electron chi connectivity index (χ4n) is 3.09. The van der Waals surface area contributed by atoms with E-state index in [1.54, 1.807) is 47.2 Å². The molecule has 0 bridgehead atoms. The summed E-state index contributed by atoms with van der Waals surface area (Å²) in [6, 6.07) is 14.6. The Morgan fingerprint density at radius 1 is 1.03 bits per heavy atom. The van der Waals surface area contributed by atoms with Crippen molar-refractivity contribution in [3.63, 3.8) is 0 Å². The molecule has 7 heteroatoms. The van der Waals surface area contributed by atoms with Crippen molar-refractivity contribution in [1.29, 1.82) is 0 Å². The molecule has 4 rings (SSSR count). The molecule has 1 aromatic carbocycles. The zero-order valence-corrected chi connectivity index (χ0v) is 16.1. The van der Waals surface area contributed by atoms with Gasteiger partial charge in [-0.3, -0.25) is 14.0 Å². The van der Waals surface area contributed by atoms with Crippen molar-refractivity contribution >= 4 is 23.0 Å². The van der Waals surface area contributed by atoms with Crippen LogP contribution in [0.5, 0.6) is 0 Å². The molecule has 7 nitrogen and oxygen atoms in total. The summed E-state index contributed by atoms with van der Waals surface area (Å²) >= 11 is 0. The maximum atomic E-state index is 12.9. The predicted molar refractivity (Wildman–Crippen MR) is 109 cm³/mol. The monoisotopic (exact) mass is 388 g/mol. The number of anilines is 1. The van der Waals surface area contributed by atoms with Gasteiger partial charge in [0.05, 0.1) is 18.3 Å². The minimum absolute atomic E-state index is 0.137. The molecule has 29 heavy (non-hydrogen) atoms. The number of carbonyl (C=O) groups excluding carboxylic acids is 2. The number of hydrogen-bond acceptors (Lipinski definition) is 4.